The molecule has 2 heteroatoms. The van der Waals surface area contributed by atoms with Crippen molar-refractivity contribution in [3.05, 3.63) is 22.4 Å². The highest BCUT2D eigenvalue weighted by Crippen LogP contribution is 2.48. The molecule has 0 amide bonds. The number of hydrogen-bond donors (Lipinski definition) is 1. The molecule has 2 unspecified atom stereocenters. The minimum Gasteiger partial charge on any atom is -0.390 e. The van der Waals surface area contributed by atoms with Gasteiger partial charge in [-0.3, -0.25) is 0 Å². The van der Waals surface area contributed by atoms with E-state index in [-0.39, 0.29) is 0 Å². The molecule has 0 aromatic carbocycles. The van der Waals surface area contributed by atoms with Crippen LogP contribution in [-0.4, -0.2) is 10.7 Å². The first-order valence-electron chi connectivity index (χ1n) is 4.82. The lowest BCUT2D eigenvalue weighted by Crippen LogP contribution is -2.22. The molecule has 2 rings (SSSR count). The average Bonchev–Trinajstić information content (AvgIpc) is 2.57. The summed E-state index contributed by atoms with van der Waals surface area (Å²) in [6.07, 6.45) is 2.35. The monoisotopic (exact) mass is 196 g/mol. The molecule has 1 nitrogen and oxygen atoms in total. The van der Waals surface area contributed by atoms with Crippen molar-refractivity contribution in [2.75, 3.05) is 0 Å². The highest BCUT2D eigenvalue weighted by Gasteiger charge is 2.46. The normalized spacial score (nSPS) is 27.6. The van der Waals surface area contributed by atoms with Gasteiger partial charge in [-0.1, -0.05) is 6.07 Å². The molecule has 0 spiro atoms. The Morgan fingerprint density at radius 1 is 1.62 bits per heavy atom. The lowest BCUT2D eigenvalue weighted by Gasteiger charge is -2.16. The van der Waals surface area contributed by atoms with E-state index in [2.05, 4.69) is 17.5 Å². The van der Waals surface area contributed by atoms with Crippen LogP contribution in [0.4, 0.5) is 0 Å². The first-order valence-corrected chi connectivity index (χ1v) is 5.70. The third kappa shape index (κ3) is 2.12. The van der Waals surface area contributed by atoms with Crippen molar-refractivity contribution in [1.29, 1.82) is 0 Å². The molecule has 1 fully saturated rings. The summed E-state index contributed by atoms with van der Waals surface area (Å²) in [7, 11) is 0. The molecule has 1 N–H and O–H groups in total. The summed E-state index contributed by atoms with van der Waals surface area (Å²) >= 11 is 1.82. The van der Waals surface area contributed by atoms with Gasteiger partial charge in [0.25, 0.3) is 0 Å². The van der Waals surface area contributed by atoms with Gasteiger partial charge in [-0.2, -0.15) is 0 Å². The van der Waals surface area contributed by atoms with Gasteiger partial charge in [0.1, 0.15) is 0 Å². The molecule has 1 aliphatic carbocycles. The second kappa shape index (κ2) is 3.10. The van der Waals surface area contributed by atoms with Gasteiger partial charge in [-0.05, 0) is 50.0 Å². The van der Waals surface area contributed by atoms with Gasteiger partial charge in [-0.25, -0.2) is 0 Å². The van der Waals surface area contributed by atoms with E-state index in [1.165, 1.54) is 11.3 Å². The van der Waals surface area contributed by atoms with Gasteiger partial charge >= 0.3 is 0 Å². The van der Waals surface area contributed by atoms with Crippen LogP contribution in [0, 0.1) is 11.8 Å². The average molecular weight is 196 g/mol. The summed E-state index contributed by atoms with van der Waals surface area (Å²) in [6.45, 7) is 3.85. The molecule has 0 saturated heterocycles. The van der Waals surface area contributed by atoms with Crippen LogP contribution in [0.2, 0.25) is 0 Å². The van der Waals surface area contributed by atoms with Crippen molar-refractivity contribution >= 4 is 11.3 Å². The minimum absolute atomic E-state index is 0.470. The summed E-state index contributed by atoms with van der Waals surface area (Å²) in [4.78, 5) is 1.46. The summed E-state index contributed by atoms with van der Waals surface area (Å²) in [5.74, 6) is 1.24. The smallest absolute Gasteiger partial charge is 0.0622 e. The zero-order chi connectivity index (χ0) is 9.47. The van der Waals surface area contributed by atoms with Crippen molar-refractivity contribution < 1.29 is 5.11 Å². The van der Waals surface area contributed by atoms with Crippen LogP contribution in [0.5, 0.6) is 0 Å². The van der Waals surface area contributed by atoms with Crippen molar-refractivity contribution in [2.45, 2.75) is 32.3 Å². The van der Waals surface area contributed by atoms with E-state index in [9.17, 15) is 5.11 Å². The number of hydrogen-bond acceptors (Lipinski definition) is 2. The fourth-order valence-corrected chi connectivity index (χ4v) is 2.82. The third-order valence-electron chi connectivity index (χ3n) is 2.87. The van der Waals surface area contributed by atoms with Crippen LogP contribution < -0.4 is 0 Å². The SMILES string of the molecule is CC(C)(O)C1CC1Cc1cccs1. The van der Waals surface area contributed by atoms with E-state index in [1.54, 1.807) is 0 Å². The van der Waals surface area contributed by atoms with E-state index in [0.717, 1.165) is 12.3 Å². The molecule has 1 aromatic heterocycles. The molecule has 1 saturated carbocycles. The Hall–Kier alpha value is -0.340. The van der Waals surface area contributed by atoms with Gasteiger partial charge < -0.3 is 5.11 Å². The van der Waals surface area contributed by atoms with Gasteiger partial charge in [0, 0.05) is 4.88 Å². The maximum atomic E-state index is 9.76. The Bertz CT molecular complexity index is 271. The first-order chi connectivity index (χ1) is 6.07. The molecule has 2 atom stereocenters. The summed E-state index contributed by atoms with van der Waals surface area (Å²) in [5, 5.41) is 11.9. The van der Waals surface area contributed by atoms with Crippen LogP contribution >= 0.6 is 11.3 Å². The largest absolute Gasteiger partial charge is 0.390 e. The second-order valence-electron chi connectivity index (χ2n) is 4.54. The third-order valence-corrected chi connectivity index (χ3v) is 3.77. The molecule has 0 radical (unpaired) electrons. The molecule has 0 aliphatic heterocycles. The first kappa shape index (κ1) is 9.22. The number of thiophene rings is 1. The summed E-state index contributed by atoms with van der Waals surface area (Å²) in [6, 6.07) is 4.28. The van der Waals surface area contributed by atoms with E-state index in [1.807, 2.05) is 25.2 Å². The zero-order valence-corrected chi connectivity index (χ0v) is 8.97. The Labute approximate surface area is 83.4 Å². The summed E-state index contributed by atoms with van der Waals surface area (Å²) in [5.41, 5.74) is -0.470. The Kier molecular flexibility index (Phi) is 2.20. The molecule has 1 heterocycles. The Morgan fingerprint density at radius 2 is 2.38 bits per heavy atom. The van der Waals surface area contributed by atoms with E-state index in [0.29, 0.717) is 5.92 Å². The lowest BCUT2D eigenvalue weighted by molar-refractivity contribution is 0.0511. The van der Waals surface area contributed by atoms with E-state index < -0.39 is 5.60 Å². The van der Waals surface area contributed by atoms with Crippen LogP contribution in [0.25, 0.3) is 0 Å². The van der Waals surface area contributed by atoms with Gasteiger partial charge in [0.2, 0.25) is 0 Å². The van der Waals surface area contributed by atoms with Gasteiger partial charge in [0.05, 0.1) is 5.60 Å². The van der Waals surface area contributed by atoms with Crippen molar-refractivity contribution in [3.8, 4) is 0 Å². The number of rotatable bonds is 3. The molecule has 72 valence electrons. The van der Waals surface area contributed by atoms with Crippen LogP contribution in [0.1, 0.15) is 25.1 Å². The molecule has 1 aliphatic rings. The van der Waals surface area contributed by atoms with Crippen LogP contribution in [0.3, 0.4) is 0 Å². The molecular weight excluding hydrogens is 180 g/mol. The maximum Gasteiger partial charge on any atom is 0.0622 e. The highest BCUT2D eigenvalue weighted by molar-refractivity contribution is 7.09. The Morgan fingerprint density at radius 3 is 2.85 bits per heavy atom. The van der Waals surface area contributed by atoms with E-state index >= 15 is 0 Å². The molecule has 0 bridgehead atoms. The molecule has 1 aromatic rings. The van der Waals surface area contributed by atoms with E-state index in [4.69, 9.17) is 0 Å². The predicted molar refractivity (Wildman–Crippen MR) is 55.9 cm³/mol. The maximum absolute atomic E-state index is 9.76. The minimum atomic E-state index is -0.470. The quantitative estimate of drug-likeness (QED) is 0.788. The van der Waals surface area contributed by atoms with Crippen molar-refractivity contribution in [3.63, 3.8) is 0 Å². The number of aliphatic hydroxyl groups is 1. The standard InChI is InChI=1S/C11H16OS/c1-11(2,12)10-7-8(10)6-9-4-3-5-13-9/h3-5,8,10,12H,6-7H2,1-2H3. The second-order valence-corrected chi connectivity index (χ2v) is 5.57. The highest BCUT2D eigenvalue weighted by atomic mass is 32.1. The topological polar surface area (TPSA) is 20.2 Å². The molecular formula is C11H16OS. The lowest BCUT2D eigenvalue weighted by atomic mass is 10.0. The van der Waals surface area contributed by atoms with Crippen LogP contribution in [0.15, 0.2) is 17.5 Å². The molecule has 13 heavy (non-hydrogen) atoms. The van der Waals surface area contributed by atoms with Gasteiger partial charge in [-0.15, -0.1) is 11.3 Å². The fourth-order valence-electron chi connectivity index (χ4n) is 2.03. The van der Waals surface area contributed by atoms with Gasteiger partial charge in [0.15, 0.2) is 0 Å². The van der Waals surface area contributed by atoms with Crippen molar-refractivity contribution in [2.24, 2.45) is 11.8 Å². The summed E-state index contributed by atoms with van der Waals surface area (Å²) < 4.78 is 0. The predicted octanol–water partition coefficient (Wildman–Crippen LogP) is 2.70. The zero-order valence-electron chi connectivity index (χ0n) is 8.16. The fraction of sp³-hybridized carbons (Fsp3) is 0.636. The Balaban J connectivity index is 1.88. The van der Waals surface area contributed by atoms with Crippen molar-refractivity contribution in [1.82, 2.24) is 0 Å². The van der Waals surface area contributed by atoms with Crippen LogP contribution in [-0.2, 0) is 6.42 Å².